The molecule has 0 aliphatic carbocycles. The molecule has 0 bridgehead atoms. The molecular weight excluding hydrogens is 736 g/mol. The van der Waals surface area contributed by atoms with Crippen LogP contribution in [-0.2, 0) is 41.4 Å². The van der Waals surface area contributed by atoms with Crippen molar-refractivity contribution in [3.63, 3.8) is 0 Å². The Morgan fingerprint density at radius 1 is 0.518 bits per heavy atom. The van der Waals surface area contributed by atoms with Crippen LogP contribution in [0.5, 0.6) is 46.0 Å². The zero-order chi connectivity index (χ0) is 41.8. The molecule has 4 aromatic rings. The average Bonchev–Trinajstić information content (AvgIpc) is 3.14. The molecule has 4 rings (SSSR count). The van der Waals surface area contributed by atoms with Crippen molar-refractivity contribution in [2.45, 2.75) is 52.7 Å². The van der Waals surface area contributed by atoms with E-state index in [0.717, 1.165) is 14.2 Å². The maximum Gasteiger partial charge on any atom is 0.345 e. The van der Waals surface area contributed by atoms with Gasteiger partial charge >= 0.3 is 23.9 Å². The fourth-order valence-electron chi connectivity index (χ4n) is 7.13. The minimum Gasteiger partial charge on any atom is -0.504 e. The maximum atomic E-state index is 13.8. The van der Waals surface area contributed by atoms with Crippen LogP contribution in [0.3, 0.4) is 0 Å². The lowest BCUT2D eigenvalue weighted by molar-refractivity contribution is -0.146. The molecule has 0 unspecified atom stereocenters. The molecule has 0 aliphatic rings. The Balaban J connectivity index is 2.49. The first kappa shape index (κ1) is 42.4. The molecule has 0 saturated carbocycles. The number of hydrogen-bond acceptors (Lipinski definition) is 16. The monoisotopic (exact) mass is 782 g/mol. The number of fused-ring (bicyclic) bond motifs is 2. The van der Waals surface area contributed by atoms with Crippen LogP contribution >= 0.6 is 0 Å². The number of methoxy groups -OCH3 is 8. The van der Waals surface area contributed by atoms with Crippen molar-refractivity contribution in [2.75, 3.05) is 56.9 Å². The fourth-order valence-corrected chi connectivity index (χ4v) is 7.13. The standard InChI is InChI=1S/C40H46O16/c1-17(55-19(3)41)13-21-15-23-25(35(49-7)29(39(45)53-11)37(51-9)27(23)31(43)33(21)47-5)26-24-16-22(14-18(2)56-20(4)42)34(48-6)32(44)28(24)38(52-10)30(36(26)50-8)40(46)54-12/h15-18,43-44H,13-14H2,1-12H3/t17-,18-/m1/s1. The van der Waals surface area contributed by atoms with Crippen molar-refractivity contribution < 1.29 is 76.8 Å². The van der Waals surface area contributed by atoms with E-state index in [9.17, 15) is 29.4 Å². The van der Waals surface area contributed by atoms with E-state index in [1.807, 2.05) is 0 Å². The van der Waals surface area contributed by atoms with Crippen LogP contribution in [0.1, 0.15) is 59.5 Å². The van der Waals surface area contributed by atoms with E-state index >= 15 is 0 Å². The quantitative estimate of drug-likeness (QED) is 0.110. The van der Waals surface area contributed by atoms with Gasteiger partial charge in [-0.25, -0.2) is 9.59 Å². The molecule has 0 amide bonds. The van der Waals surface area contributed by atoms with Crippen LogP contribution in [0.25, 0.3) is 32.7 Å². The highest BCUT2D eigenvalue weighted by Gasteiger charge is 2.37. The molecule has 0 saturated heterocycles. The summed E-state index contributed by atoms with van der Waals surface area (Å²) >= 11 is 0. The van der Waals surface area contributed by atoms with Crippen LogP contribution in [0.15, 0.2) is 12.1 Å². The molecule has 0 aliphatic heterocycles. The van der Waals surface area contributed by atoms with E-state index in [4.69, 9.17) is 47.4 Å². The molecule has 302 valence electrons. The van der Waals surface area contributed by atoms with Gasteiger partial charge in [0, 0.05) is 59.7 Å². The molecule has 4 aromatic carbocycles. The highest BCUT2D eigenvalue weighted by molar-refractivity contribution is 6.22. The predicted molar refractivity (Wildman–Crippen MR) is 202 cm³/mol. The van der Waals surface area contributed by atoms with Crippen LogP contribution in [-0.4, -0.2) is 103 Å². The number of rotatable bonds is 15. The Morgan fingerprint density at radius 3 is 1.07 bits per heavy atom. The molecule has 2 N–H and O–H groups in total. The second-order valence-electron chi connectivity index (χ2n) is 12.5. The first-order valence-electron chi connectivity index (χ1n) is 17.1. The number of hydrogen-bond donors (Lipinski definition) is 2. The number of carbonyl (C=O) groups excluding carboxylic acids is 4. The smallest absolute Gasteiger partial charge is 0.345 e. The Kier molecular flexibility index (Phi) is 13.2. The van der Waals surface area contributed by atoms with Gasteiger partial charge < -0.3 is 57.6 Å². The molecule has 0 aromatic heterocycles. The van der Waals surface area contributed by atoms with E-state index in [2.05, 4.69) is 0 Å². The van der Waals surface area contributed by atoms with Gasteiger partial charge in [-0.05, 0) is 26.0 Å². The van der Waals surface area contributed by atoms with Crippen LogP contribution in [0.4, 0.5) is 0 Å². The summed E-state index contributed by atoms with van der Waals surface area (Å²) < 4.78 is 56.1. The lowest BCUT2D eigenvalue weighted by atomic mass is 9.85. The van der Waals surface area contributed by atoms with Gasteiger partial charge in [0.25, 0.3) is 0 Å². The predicted octanol–water partition coefficient (Wildman–Crippen LogP) is 5.68. The Bertz CT molecular complexity index is 2050. The molecule has 0 radical (unpaired) electrons. The average molecular weight is 783 g/mol. The molecule has 0 heterocycles. The zero-order valence-corrected chi connectivity index (χ0v) is 33.3. The van der Waals surface area contributed by atoms with Gasteiger partial charge in [-0.3, -0.25) is 9.59 Å². The number of aromatic hydroxyl groups is 2. The van der Waals surface area contributed by atoms with E-state index in [1.165, 1.54) is 56.5 Å². The summed E-state index contributed by atoms with van der Waals surface area (Å²) in [6.07, 6.45) is -1.32. The summed E-state index contributed by atoms with van der Waals surface area (Å²) in [6.45, 7) is 5.84. The maximum absolute atomic E-state index is 13.8. The summed E-state index contributed by atoms with van der Waals surface area (Å²) in [6, 6.07) is 3.24. The number of esters is 4. The lowest BCUT2D eigenvalue weighted by Crippen LogP contribution is -2.16. The third-order valence-corrected chi connectivity index (χ3v) is 9.02. The molecule has 16 nitrogen and oxygen atoms in total. The highest BCUT2D eigenvalue weighted by atomic mass is 16.6. The van der Waals surface area contributed by atoms with Crippen molar-refractivity contribution in [1.82, 2.24) is 0 Å². The van der Waals surface area contributed by atoms with E-state index in [-0.39, 0.29) is 91.1 Å². The van der Waals surface area contributed by atoms with Crippen LogP contribution < -0.4 is 28.4 Å². The van der Waals surface area contributed by atoms with Gasteiger partial charge in [0.2, 0.25) is 0 Å². The number of phenols is 2. The number of benzene rings is 4. The molecule has 0 fully saturated rings. The zero-order valence-electron chi connectivity index (χ0n) is 33.3. The first-order chi connectivity index (χ1) is 26.6. The molecular formula is C40H46O16. The highest BCUT2D eigenvalue weighted by Crippen LogP contribution is 2.59. The van der Waals surface area contributed by atoms with Crippen molar-refractivity contribution in [3.8, 4) is 57.1 Å². The minimum absolute atomic E-state index is 0.0207. The number of carbonyl (C=O) groups is 4. The second-order valence-corrected chi connectivity index (χ2v) is 12.5. The summed E-state index contributed by atoms with van der Waals surface area (Å²) in [7, 11) is 10.1. The van der Waals surface area contributed by atoms with Gasteiger partial charge in [-0.15, -0.1) is 0 Å². The normalized spacial score (nSPS) is 12.0. The molecule has 0 spiro atoms. The molecule has 16 heteroatoms. The van der Waals surface area contributed by atoms with Crippen molar-refractivity contribution >= 4 is 45.4 Å². The van der Waals surface area contributed by atoms with Crippen molar-refractivity contribution in [3.05, 3.63) is 34.4 Å². The number of phenolic OH excluding ortho intramolecular Hbond substituents is 2. The van der Waals surface area contributed by atoms with E-state index in [0.29, 0.717) is 11.1 Å². The van der Waals surface area contributed by atoms with Crippen molar-refractivity contribution in [1.29, 1.82) is 0 Å². The lowest BCUT2D eigenvalue weighted by Gasteiger charge is -2.26. The third-order valence-electron chi connectivity index (χ3n) is 9.02. The Morgan fingerprint density at radius 2 is 0.821 bits per heavy atom. The third kappa shape index (κ3) is 7.50. The Labute approximate surface area is 323 Å². The summed E-state index contributed by atoms with van der Waals surface area (Å²) in [5, 5.41) is 24.3. The number of ether oxygens (including phenoxy) is 10. The SMILES string of the molecule is COC(=O)c1c(OC)c(-c2c(OC)c(C(=O)OC)c(OC)c3c(O)c(OC)c(C[C@@H](C)OC(C)=O)cc23)c2cc(C[C@@H](C)OC(C)=O)c(OC)c(O)c2c1OC. The van der Waals surface area contributed by atoms with Crippen LogP contribution in [0.2, 0.25) is 0 Å². The minimum atomic E-state index is -0.932. The van der Waals surface area contributed by atoms with Gasteiger partial charge in [0.05, 0.1) is 67.7 Å². The van der Waals surface area contributed by atoms with Crippen LogP contribution in [0, 0.1) is 0 Å². The second kappa shape index (κ2) is 17.4. The van der Waals surface area contributed by atoms with Gasteiger partial charge in [0.15, 0.2) is 23.0 Å². The van der Waals surface area contributed by atoms with Gasteiger partial charge in [-0.2, -0.15) is 0 Å². The summed E-state index contributed by atoms with van der Waals surface area (Å²) in [4.78, 5) is 51.3. The molecule has 2 atom stereocenters. The van der Waals surface area contributed by atoms with Gasteiger partial charge in [0.1, 0.15) is 46.3 Å². The topological polar surface area (TPSA) is 201 Å². The van der Waals surface area contributed by atoms with Crippen molar-refractivity contribution in [2.24, 2.45) is 0 Å². The van der Waals surface area contributed by atoms with E-state index < -0.39 is 47.6 Å². The first-order valence-corrected chi connectivity index (χ1v) is 17.1. The van der Waals surface area contributed by atoms with Gasteiger partial charge in [-0.1, -0.05) is 0 Å². The molecule has 56 heavy (non-hydrogen) atoms. The largest absolute Gasteiger partial charge is 0.504 e. The van der Waals surface area contributed by atoms with E-state index in [1.54, 1.807) is 26.0 Å². The Hall–Kier alpha value is -6.32. The summed E-state index contributed by atoms with van der Waals surface area (Å²) in [5.74, 6) is -4.54. The fraction of sp³-hybridized carbons (Fsp3) is 0.400. The summed E-state index contributed by atoms with van der Waals surface area (Å²) in [5.41, 5.74) is 0.249.